The molecule has 4 nitrogen and oxygen atoms in total. The fraction of sp³-hybridized carbons (Fsp3) is 0.120. The van der Waals surface area contributed by atoms with Gasteiger partial charge in [-0.2, -0.15) is 0 Å². The highest BCUT2D eigenvalue weighted by atomic mass is 35.5. The Morgan fingerprint density at radius 3 is 2.27 bits per heavy atom. The van der Waals surface area contributed by atoms with Crippen molar-refractivity contribution in [1.29, 1.82) is 0 Å². The van der Waals surface area contributed by atoms with Crippen molar-refractivity contribution in [2.75, 3.05) is 11.5 Å². The zero-order valence-corrected chi connectivity index (χ0v) is 17.6. The Bertz CT molecular complexity index is 1120. The van der Waals surface area contributed by atoms with Crippen molar-refractivity contribution in [2.24, 2.45) is 4.99 Å². The Morgan fingerprint density at radius 1 is 0.967 bits per heavy atom. The fourth-order valence-corrected chi connectivity index (χ4v) is 3.35. The number of benzene rings is 3. The number of nitrogens with zero attached hydrogens (tertiary/aromatic N) is 2. The number of carbonyl (C=O) groups excluding carboxylic acids is 1. The molecular formula is C25H21ClN2O2. The maximum atomic E-state index is 13.3. The summed E-state index contributed by atoms with van der Waals surface area (Å²) in [4.78, 5) is 19.6. The van der Waals surface area contributed by atoms with Crippen LogP contribution in [-0.2, 0) is 4.79 Å². The van der Waals surface area contributed by atoms with Gasteiger partial charge >= 0.3 is 0 Å². The van der Waals surface area contributed by atoms with Crippen LogP contribution in [0.2, 0.25) is 5.02 Å². The molecule has 0 N–H and O–H groups in total. The summed E-state index contributed by atoms with van der Waals surface area (Å²) in [5.41, 5.74) is 4.00. The van der Waals surface area contributed by atoms with Crippen molar-refractivity contribution in [3.63, 3.8) is 0 Å². The third-order valence-corrected chi connectivity index (χ3v) is 5.00. The van der Waals surface area contributed by atoms with Crippen LogP contribution in [0.15, 0.2) is 83.5 Å². The number of halogens is 1. The molecule has 1 aliphatic heterocycles. The first kappa shape index (κ1) is 19.9. The molecule has 0 spiro atoms. The van der Waals surface area contributed by atoms with Crippen molar-refractivity contribution in [3.8, 4) is 5.75 Å². The van der Waals surface area contributed by atoms with E-state index in [1.807, 2.05) is 74.5 Å². The summed E-state index contributed by atoms with van der Waals surface area (Å²) in [5.74, 6) is 1.21. The second-order valence-corrected chi connectivity index (χ2v) is 7.39. The minimum Gasteiger partial charge on any atom is -0.494 e. The third-order valence-electron chi connectivity index (χ3n) is 4.75. The van der Waals surface area contributed by atoms with Crippen LogP contribution in [0, 0.1) is 6.92 Å². The van der Waals surface area contributed by atoms with Crippen molar-refractivity contribution in [2.45, 2.75) is 13.8 Å². The zero-order chi connectivity index (χ0) is 21.1. The number of rotatable bonds is 5. The lowest BCUT2D eigenvalue weighted by atomic mass is 10.1. The van der Waals surface area contributed by atoms with Gasteiger partial charge in [0.15, 0.2) is 0 Å². The first-order valence-electron chi connectivity index (χ1n) is 9.75. The minimum atomic E-state index is -0.179. The topological polar surface area (TPSA) is 41.9 Å². The van der Waals surface area contributed by atoms with E-state index >= 15 is 0 Å². The first-order valence-corrected chi connectivity index (χ1v) is 10.1. The normalized spacial score (nSPS) is 14.9. The van der Waals surface area contributed by atoms with Gasteiger partial charge in [-0.3, -0.25) is 9.69 Å². The fourth-order valence-electron chi connectivity index (χ4n) is 3.23. The molecule has 0 atom stereocenters. The van der Waals surface area contributed by atoms with Gasteiger partial charge in [0.25, 0.3) is 5.91 Å². The van der Waals surface area contributed by atoms with Gasteiger partial charge in [0.2, 0.25) is 0 Å². The summed E-state index contributed by atoms with van der Waals surface area (Å²) in [5, 5.41) is 0.615. The van der Waals surface area contributed by atoms with E-state index in [9.17, 15) is 4.79 Å². The summed E-state index contributed by atoms with van der Waals surface area (Å²) in [6.07, 6.45) is 1.79. The largest absolute Gasteiger partial charge is 0.494 e. The van der Waals surface area contributed by atoms with E-state index in [2.05, 4.69) is 0 Å². The van der Waals surface area contributed by atoms with Crippen molar-refractivity contribution in [1.82, 2.24) is 0 Å². The van der Waals surface area contributed by atoms with Crippen LogP contribution in [0.25, 0.3) is 6.08 Å². The second kappa shape index (κ2) is 8.56. The van der Waals surface area contributed by atoms with E-state index in [0.717, 1.165) is 28.1 Å². The standard InChI is InChI=1S/C25H21ClN2O2/c1-3-30-22-14-6-18(7-15-22)16-23-25(29)28(21-12-10-20(26)11-13-21)24(27-23)19-8-4-17(2)5-9-19/h4-16H,3H2,1-2H3. The lowest BCUT2D eigenvalue weighted by Gasteiger charge is -2.18. The van der Waals surface area contributed by atoms with E-state index in [-0.39, 0.29) is 5.91 Å². The number of amides is 1. The number of anilines is 1. The molecule has 0 radical (unpaired) electrons. The predicted molar refractivity (Wildman–Crippen MR) is 122 cm³/mol. The molecule has 1 heterocycles. The second-order valence-electron chi connectivity index (χ2n) is 6.95. The summed E-state index contributed by atoms with van der Waals surface area (Å²) >= 11 is 6.04. The number of hydrogen-bond acceptors (Lipinski definition) is 3. The molecule has 0 saturated carbocycles. The number of aliphatic imine (C=N–C) groups is 1. The van der Waals surface area contributed by atoms with Gasteiger partial charge < -0.3 is 4.74 Å². The predicted octanol–water partition coefficient (Wildman–Crippen LogP) is 5.88. The van der Waals surface area contributed by atoms with Crippen LogP contribution in [-0.4, -0.2) is 18.3 Å². The van der Waals surface area contributed by atoms with E-state index in [1.54, 1.807) is 23.1 Å². The maximum absolute atomic E-state index is 13.3. The molecule has 0 bridgehead atoms. The molecule has 0 unspecified atom stereocenters. The van der Waals surface area contributed by atoms with Crippen LogP contribution in [0.1, 0.15) is 23.6 Å². The highest BCUT2D eigenvalue weighted by Gasteiger charge is 2.32. The van der Waals surface area contributed by atoms with E-state index in [4.69, 9.17) is 21.3 Å². The van der Waals surface area contributed by atoms with Gasteiger partial charge in [-0.25, -0.2) is 4.99 Å². The third kappa shape index (κ3) is 4.14. The van der Waals surface area contributed by atoms with Gasteiger partial charge in [-0.1, -0.05) is 53.6 Å². The first-order chi connectivity index (χ1) is 14.5. The highest BCUT2D eigenvalue weighted by molar-refractivity contribution is 6.33. The molecule has 1 aliphatic rings. The molecule has 0 aromatic heterocycles. The lowest BCUT2D eigenvalue weighted by molar-refractivity contribution is -0.113. The highest BCUT2D eigenvalue weighted by Crippen LogP contribution is 2.29. The molecule has 150 valence electrons. The van der Waals surface area contributed by atoms with Gasteiger partial charge in [0.1, 0.15) is 17.3 Å². The Morgan fingerprint density at radius 2 is 1.63 bits per heavy atom. The van der Waals surface area contributed by atoms with Crippen LogP contribution in [0.3, 0.4) is 0 Å². The Balaban J connectivity index is 1.75. The van der Waals surface area contributed by atoms with Crippen LogP contribution >= 0.6 is 11.6 Å². The van der Waals surface area contributed by atoms with Crippen molar-refractivity contribution >= 4 is 35.1 Å². The number of ether oxygens (including phenoxy) is 1. The number of amidine groups is 1. The van der Waals surface area contributed by atoms with Crippen LogP contribution in [0.4, 0.5) is 5.69 Å². The molecule has 0 saturated heterocycles. The van der Waals surface area contributed by atoms with E-state index in [1.165, 1.54) is 0 Å². The maximum Gasteiger partial charge on any atom is 0.282 e. The van der Waals surface area contributed by atoms with Gasteiger partial charge in [-0.05, 0) is 61.9 Å². The van der Waals surface area contributed by atoms with Gasteiger partial charge in [0.05, 0.1) is 12.3 Å². The smallest absolute Gasteiger partial charge is 0.282 e. The Labute approximate surface area is 181 Å². The van der Waals surface area contributed by atoms with Crippen molar-refractivity contribution in [3.05, 3.63) is 100 Å². The summed E-state index contributed by atoms with van der Waals surface area (Å²) in [6, 6.07) is 22.8. The molecule has 4 rings (SSSR count). The quantitative estimate of drug-likeness (QED) is 0.487. The van der Waals surface area contributed by atoms with Crippen molar-refractivity contribution < 1.29 is 9.53 Å². The molecule has 0 aliphatic carbocycles. The Kier molecular flexibility index (Phi) is 5.68. The van der Waals surface area contributed by atoms with E-state index < -0.39 is 0 Å². The molecule has 30 heavy (non-hydrogen) atoms. The SMILES string of the molecule is CCOc1ccc(C=C2N=C(c3ccc(C)cc3)N(c3ccc(Cl)cc3)C2=O)cc1. The van der Waals surface area contributed by atoms with Gasteiger partial charge in [0, 0.05) is 10.6 Å². The minimum absolute atomic E-state index is 0.179. The summed E-state index contributed by atoms with van der Waals surface area (Å²) < 4.78 is 5.49. The molecule has 5 heteroatoms. The molecule has 0 fully saturated rings. The number of aryl methyl sites for hydroxylation is 1. The molecule has 3 aromatic carbocycles. The van der Waals surface area contributed by atoms with Crippen LogP contribution in [0.5, 0.6) is 5.75 Å². The monoisotopic (exact) mass is 416 g/mol. The average molecular weight is 417 g/mol. The van der Waals surface area contributed by atoms with Gasteiger partial charge in [-0.15, -0.1) is 0 Å². The van der Waals surface area contributed by atoms with Crippen LogP contribution < -0.4 is 9.64 Å². The lowest BCUT2D eigenvalue weighted by Crippen LogP contribution is -2.32. The number of carbonyl (C=O) groups is 1. The molecule has 1 amide bonds. The molecular weight excluding hydrogens is 396 g/mol. The number of hydrogen-bond donors (Lipinski definition) is 0. The zero-order valence-electron chi connectivity index (χ0n) is 16.8. The average Bonchev–Trinajstić information content (AvgIpc) is 3.07. The van der Waals surface area contributed by atoms with E-state index in [0.29, 0.717) is 23.2 Å². The summed E-state index contributed by atoms with van der Waals surface area (Å²) in [7, 11) is 0. The Hall–Kier alpha value is -3.37. The molecule has 3 aromatic rings. The summed E-state index contributed by atoms with van der Waals surface area (Å²) in [6.45, 7) is 4.58.